The number of nitrogens with zero attached hydrogens (tertiary/aromatic N) is 2. The number of carboxylic acids is 1. The average Bonchev–Trinajstić information content (AvgIpc) is 3.00. The molecule has 1 aromatic heterocycles. The summed E-state index contributed by atoms with van der Waals surface area (Å²) in [5.41, 5.74) is 1.10. The molecule has 1 N–H and O–H groups in total. The molecule has 1 aliphatic rings. The Morgan fingerprint density at radius 2 is 2.29 bits per heavy atom. The number of benzene rings is 1. The molecule has 0 unspecified atom stereocenters. The number of aromatic carboxylic acids is 1. The first-order valence-corrected chi connectivity index (χ1v) is 5.54. The number of rotatable bonds is 3. The molecule has 0 aliphatic heterocycles. The van der Waals surface area contributed by atoms with Gasteiger partial charge in [-0.1, -0.05) is 0 Å². The Labute approximate surface area is 96.7 Å². The first-order valence-electron chi connectivity index (χ1n) is 5.54. The summed E-state index contributed by atoms with van der Waals surface area (Å²) in [4.78, 5) is 15.1. The van der Waals surface area contributed by atoms with Gasteiger partial charge in [0.2, 0.25) is 5.82 Å². The average molecular weight is 234 g/mol. The summed E-state index contributed by atoms with van der Waals surface area (Å²) in [5, 5.41) is 9.09. The summed E-state index contributed by atoms with van der Waals surface area (Å²) < 4.78 is 14.7. The van der Waals surface area contributed by atoms with Crippen molar-refractivity contribution in [1.29, 1.82) is 0 Å². The molecular weight excluding hydrogens is 223 g/mol. The lowest BCUT2D eigenvalue weighted by Gasteiger charge is -2.04. The normalized spacial score (nSPS) is 15.4. The Hall–Kier alpha value is -1.91. The molecule has 2 aromatic rings. The van der Waals surface area contributed by atoms with Crippen molar-refractivity contribution in [2.24, 2.45) is 5.92 Å². The third-order valence-electron chi connectivity index (χ3n) is 3.04. The predicted octanol–water partition coefficient (Wildman–Crippen LogP) is 2.28. The van der Waals surface area contributed by atoms with E-state index in [9.17, 15) is 9.18 Å². The van der Waals surface area contributed by atoms with Gasteiger partial charge < -0.3 is 9.67 Å². The zero-order valence-electron chi connectivity index (χ0n) is 9.06. The van der Waals surface area contributed by atoms with Gasteiger partial charge >= 0.3 is 5.97 Å². The van der Waals surface area contributed by atoms with Crippen LogP contribution in [0.4, 0.5) is 4.39 Å². The van der Waals surface area contributed by atoms with Crippen molar-refractivity contribution in [3.8, 4) is 0 Å². The minimum atomic E-state index is -1.07. The second-order valence-corrected chi connectivity index (χ2v) is 4.43. The summed E-state index contributed by atoms with van der Waals surface area (Å²) >= 11 is 0. The van der Waals surface area contributed by atoms with Gasteiger partial charge in [-0.05, 0) is 30.9 Å². The molecule has 3 rings (SSSR count). The molecule has 4 nitrogen and oxygen atoms in total. The number of carbonyl (C=O) groups is 1. The van der Waals surface area contributed by atoms with Crippen LogP contribution in [0.5, 0.6) is 0 Å². The van der Waals surface area contributed by atoms with Crippen LogP contribution in [-0.2, 0) is 6.54 Å². The fourth-order valence-electron chi connectivity index (χ4n) is 2.01. The minimum Gasteiger partial charge on any atom is -0.475 e. The maximum Gasteiger partial charge on any atom is 0.372 e. The molecule has 1 saturated carbocycles. The van der Waals surface area contributed by atoms with Gasteiger partial charge in [0, 0.05) is 12.6 Å². The van der Waals surface area contributed by atoms with Crippen LogP contribution in [0.2, 0.25) is 0 Å². The molecular formula is C12H11FN2O2. The number of fused-ring (bicyclic) bond motifs is 1. The standard InChI is InChI=1S/C12H11FN2O2/c13-8-3-4-10-9(5-8)14-11(12(16)17)15(10)6-7-1-2-7/h3-5,7H,1-2,6H2,(H,16,17). The van der Waals surface area contributed by atoms with Gasteiger partial charge in [0.05, 0.1) is 11.0 Å². The molecule has 88 valence electrons. The third kappa shape index (κ3) is 1.77. The second-order valence-electron chi connectivity index (χ2n) is 4.43. The van der Waals surface area contributed by atoms with Crippen molar-refractivity contribution in [2.45, 2.75) is 19.4 Å². The Bertz CT molecular complexity index is 602. The highest BCUT2D eigenvalue weighted by Crippen LogP contribution is 2.32. The lowest BCUT2D eigenvalue weighted by Crippen LogP contribution is -2.10. The molecule has 0 spiro atoms. The molecule has 0 radical (unpaired) electrons. The second kappa shape index (κ2) is 3.55. The Morgan fingerprint density at radius 3 is 2.94 bits per heavy atom. The van der Waals surface area contributed by atoms with E-state index in [2.05, 4.69) is 4.98 Å². The molecule has 1 fully saturated rings. The highest BCUT2D eigenvalue weighted by Gasteiger charge is 2.26. The minimum absolute atomic E-state index is 0.00231. The van der Waals surface area contributed by atoms with Crippen molar-refractivity contribution in [2.75, 3.05) is 0 Å². The molecule has 0 bridgehead atoms. The van der Waals surface area contributed by atoms with E-state index < -0.39 is 11.8 Å². The lowest BCUT2D eigenvalue weighted by molar-refractivity contribution is 0.0678. The third-order valence-corrected chi connectivity index (χ3v) is 3.04. The number of carboxylic acid groups (broad SMARTS) is 1. The van der Waals surface area contributed by atoms with Gasteiger partial charge in [0.1, 0.15) is 5.82 Å². The van der Waals surface area contributed by atoms with Gasteiger partial charge in [-0.25, -0.2) is 14.2 Å². The number of halogens is 1. The fourth-order valence-corrected chi connectivity index (χ4v) is 2.01. The summed E-state index contributed by atoms with van der Waals surface area (Å²) in [5.74, 6) is -0.930. The van der Waals surface area contributed by atoms with Crippen LogP contribution in [-0.4, -0.2) is 20.6 Å². The van der Waals surface area contributed by atoms with Gasteiger partial charge in [-0.3, -0.25) is 0 Å². The zero-order chi connectivity index (χ0) is 12.0. The van der Waals surface area contributed by atoms with Gasteiger partial charge in [-0.15, -0.1) is 0 Å². The van der Waals surface area contributed by atoms with Gasteiger partial charge in [-0.2, -0.15) is 0 Å². The number of hydrogen-bond acceptors (Lipinski definition) is 2. The number of hydrogen-bond donors (Lipinski definition) is 1. The van der Waals surface area contributed by atoms with E-state index in [0.29, 0.717) is 23.5 Å². The topological polar surface area (TPSA) is 55.1 Å². The van der Waals surface area contributed by atoms with Crippen molar-refractivity contribution >= 4 is 17.0 Å². The highest BCUT2D eigenvalue weighted by molar-refractivity contribution is 5.89. The van der Waals surface area contributed by atoms with Crippen LogP contribution in [0.25, 0.3) is 11.0 Å². The maximum absolute atomic E-state index is 13.1. The predicted molar refractivity (Wildman–Crippen MR) is 59.4 cm³/mol. The first kappa shape index (κ1) is 10.3. The summed E-state index contributed by atoms with van der Waals surface area (Å²) in [6, 6.07) is 4.19. The molecule has 1 aliphatic carbocycles. The number of aromatic nitrogens is 2. The highest BCUT2D eigenvalue weighted by atomic mass is 19.1. The van der Waals surface area contributed by atoms with E-state index in [0.717, 1.165) is 12.8 Å². The molecule has 17 heavy (non-hydrogen) atoms. The Kier molecular flexibility index (Phi) is 2.14. The van der Waals surface area contributed by atoms with Crippen LogP contribution in [0.3, 0.4) is 0 Å². The molecule has 0 saturated heterocycles. The SMILES string of the molecule is O=C(O)c1nc2cc(F)ccc2n1CC1CC1. The van der Waals surface area contributed by atoms with E-state index in [1.54, 1.807) is 10.6 Å². The summed E-state index contributed by atoms with van der Waals surface area (Å²) in [6.45, 7) is 0.657. The van der Waals surface area contributed by atoms with Crippen molar-refractivity contribution in [3.05, 3.63) is 29.8 Å². The smallest absolute Gasteiger partial charge is 0.372 e. The largest absolute Gasteiger partial charge is 0.475 e. The van der Waals surface area contributed by atoms with E-state index >= 15 is 0 Å². The van der Waals surface area contributed by atoms with Crippen LogP contribution < -0.4 is 0 Å². The summed E-state index contributed by atoms with van der Waals surface area (Å²) in [7, 11) is 0. The van der Waals surface area contributed by atoms with E-state index in [-0.39, 0.29) is 5.82 Å². The Morgan fingerprint density at radius 1 is 1.53 bits per heavy atom. The zero-order valence-corrected chi connectivity index (χ0v) is 9.06. The maximum atomic E-state index is 13.1. The Balaban J connectivity index is 2.18. The quantitative estimate of drug-likeness (QED) is 0.886. The van der Waals surface area contributed by atoms with Crippen LogP contribution >= 0.6 is 0 Å². The monoisotopic (exact) mass is 234 g/mol. The van der Waals surface area contributed by atoms with Crippen LogP contribution in [0, 0.1) is 11.7 Å². The molecule has 0 atom stereocenters. The molecule has 5 heteroatoms. The van der Waals surface area contributed by atoms with Gasteiger partial charge in [0.15, 0.2) is 0 Å². The fraction of sp³-hybridized carbons (Fsp3) is 0.333. The van der Waals surface area contributed by atoms with Crippen molar-refractivity contribution in [1.82, 2.24) is 9.55 Å². The number of imidazole rings is 1. The lowest BCUT2D eigenvalue weighted by atomic mass is 10.3. The molecule has 0 amide bonds. The van der Waals surface area contributed by atoms with Crippen LogP contribution in [0.1, 0.15) is 23.5 Å². The van der Waals surface area contributed by atoms with Crippen molar-refractivity contribution < 1.29 is 14.3 Å². The van der Waals surface area contributed by atoms with Gasteiger partial charge in [0.25, 0.3) is 0 Å². The van der Waals surface area contributed by atoms with Crippen LogP contribution in [0.15, 0.2) is 18.2 Å². The van der Waals surface area contributed by atoms with E-state index in [1.807, 2.05) is 0 Å². The van der Waals surface area contributed by atoms with Crippen molar-refractivity contribution in [3.63, 3.8) is 0 Å². The van der Waals surface area contributed by atoms with E-state index in [1.165, 1.54) is 12.1 Å². The molecule has 1 heterocycles. The van der Waals surface area contributed by atoms with E-state index in [4.69, 9.17) is 5.11 Å². The first-order chi connectivity index (χ1) is 8.15. The molecule has 1 aromatic carbocycles. The summed E-state index contributed by atoms with van der Waals surface area (Å²) in [6.07, 6.45) is 2.25.